The Bertz CT molecular complexity index is 3050. The molecule has 7 aromatic carbocycles. The number of piperidine rings is 2. The Kier molecular flexibility index (Phi) is 15.6. The van der Waals surface area contributed by atoms with Gasteiger partial charge in [0.15, 0.2) is 0 Å². The van der Waals surface area contributed by atoms with Gasteiger partial charge in [-0.15, -0.1) is 0 Å². The fraction of sp³-hybridized carbons (Fsp3) is 0.233. The summed E-state index contributed by atoms with van der Waals surface area (Å²) in [4.78, 5) is 32.7. The van der Waals surface area contributed by atoms with Gasteiger partial charge in [-0.2, -0.15) is 5.10 Å². The number of hydrogen-bond acceptors (Lipinski definition) is 7. The highest BCUT2D eigenvalue weighted by molar-refractivity contribution is 6.11. The van der Waals surface area contributed by atoms with Crippen molar-refractivity contribution in [2.24, 2.45) is 17.4 Å². The highest BCUT2D eigenvalue weighted by Crippen LogP contribution is 2.33. The van der Waals surface area contributed by atoms with E-state index in [2.05, 4.69) is 69.0 Å². The Morgan fingerprint density at radius 3 is 1.71 bits per heavy atom. The molecule has 0 unspecified atom stereocenters. The summed E-state index contributed by atoms with van der Waals surface area (Å²) in [5.74, 6) is 12.9. The van der Waals surface area contributed by atoms with Crippen LogP contribution in [0.5, 0.6) is 0 Å². The predicted molar refractivity (Wildman–Crippen MR) is 291 cm³/mol. The van der Waals surface area contributed by atoms with Crippen LogP contribution in [0.25, 0.3) is 22.3 Å². The summed E-state index contributed by atoms with van der Waals surface area (Å²) in [5, 5.41) is 19.4. The molecule has 7 aromatic rings. The van der Waals surface area contributed by atoms with Gasteiger partial charge >= 0.3 is 0 Å². The Labute approximate surface area is 423 Å². The van der Waals surface area contributed by atoms with E-state index in [1.54, 1.807) is 0 Å². The molecule has 0 bridgehead atoms. The average molecular weight is 958 g/mol. The SMILES string of the molecule is CN1CCC(c2cccc(C(=O)Nc3cc(-c4cccc(CCN5CCC(c6cccc(C(=O)Nc7cc(-c8ccccc8)ccc7C(=N)N(N)Cc7ccccc7)c6)CC5)c4)ccc3/C(N)=[NH+]/N)c2)CC1. The van der Waals surface area contributed by atoms with Crippen LogP contribution in [0.2, 0.25) is 0 Å². The molecule has 0 aromatic heterocycles. The zero-order valence-electron chi connectivity index (χ0n) is 41.0. The van der Waals surface area contributed by atoms with Crippen LogP contribution in [0.1, 0.15) is 91.6 Å². The number of nitrogens with one attached hydrogen (secondary N) is 4. The van der Waals surface area contributed by atoms with E-state index < -0.39 is 0 Å². The normalized spacial score (nSPS) is 14.9. The van der Waals surface area contributed by atoms with Crippen molar-refractivity contribution in [3.8, 4) is 22.3 Å². The van der Waals surface area contributed by atoms with Crippen LogP contribution in [0.4, 0.5) is 11.4 Å². The monoisotopic (exact) mass is 958 g/mol. The lowest BCUT2D eigenvalue weighted by Crippen LogP contribution is -2.82. The van der Waals surface area contributed by atoms with E-state index >= 15 is 0 Å². The number of likely N-dealkylation sites (tertiary alicyclic amines) is 2. The fourth-order valence-corrected chi connectivity index (χ4v) is 10.1. The molecule has 0 atom stereocenters. The van der Waals surface area contributed by atoms with Gasteiger partial charge in [-0.3, -0.25) is 31.6 Å². The highest BCUT2D eigenvalue weighted by Gasteiger charge is 2.24. The summed E-state index contributed by atoms with van der Waals surface area (Å²) in [5.41, 5.74) is 18.2. The number of carbonyl (C=O) groups is 2. The number of hydrazone groups is 1. The van der Waals surface area contributed by atoms with Crippen molar-refractivity contribution in [3.05, 3.63) is 214 Å². The lowest BCUT2D eigenvalue weighted by atomic mass is 9.88. The van der Waals surface area contributed by atoms with E-state index in [-0.39, 0.29) is 23.5 Å². The number of anilines is 2. The smallest absolute Gasteiger partial charge is 0.297 e. The number of hydrogen-bond donors (Lipinski definition) is 7. The number of hydrazine groups is 2. The third-order valence-corrected chi connectivity index (χ3v) is 14.4. The van der Waals surface area contributed by atoms with Crippen molar-refractivity contribution in [3.63, 3.8) is 0 Å². The van der Waals surface area contributed by atoms with E-state index in [0.717, 1.165) is 98.2 Å². The molecule has 72 heavy (non-hydrogen) atoms. The maximum atomic E-state index is 14.1. The number of amidine groups is 2. The second-order valence-electron chi connectivity index (χ2n) is 19.2. The fourth-order valence-electron chi connectivity index (χ4n) is 10.1. The summed E-state index contributed by atoms with van der Waals surface area (Å²) >= 11 is 0. The number of benzene rings is 7. The second kappa shape index (κ2) is 22.9. The topological polar surface area (TPSA) is 184 Å². The quantitative estimate of drug-likeness (QED) is 0.0233. The van der Waals surface area contributed by atoms with Crippen LogP contribution in [0.3, 0.4) is 0 Å². The molecular formula is C60H65N10O2+. The summed E-state index contributed by atoms with van der Waals surface area (Å²) in [7, 11) is 2.16. The number of nitrogens with two attached hydrogens (primary N) is 3. The van der Waals surface area contributed by atoms with Crippen molar-refractivity contribution in [1.29, 1.82) is 5.41 Å². The Morgan fingerprint density at radius 2 is 1.10 bits per heavy atom. The van der Waals surface area contributed by atoms with Gasteiger partial charge in [0.2, 0.25) is 0 Å². The molecule has 2 aliphatic heterocycles. The number of amides is 2. The lowest BCUT2D eigenvalue weighted by molar-refractivity contribution is -0.469. The molecule has 12 heteroatoms. The average Bonchev–Trinajstić information content (AvgIpc) is 3.43. The second-order valence-corrected chi connectivity index (χ2v) is 19.2. The van der Waals surface area contributed by atoms with Crippen LogP contribution < -0.4 is 33.2 Å². The third kappa shape index (κ3) is 12.0. The first-order valence-electron chi connectivity index (χ1n) is 25.0. The number of nitrogen functional groups attached to an aromatic ring is 1. The molecule has 2 aliphatic rings. The molecule has 2 amide bonds. The molecule has 0 saturated carbocycles. The Balaban J connectivity index is 0.826. The first-order chi connectivity index (χ1) is 35.1. The molecule has 2 saturated heterocycles. The van der Waals surface area contributed by atoms with Crippen LogP contribution in [0.15, 0.2) is 170 Å². The largest absolute Gasteiger partial charge is 0.321 e. The van der Waals surface area contributed by atoms with Crippen molar-refractivity contribution in [1.82, 2.24) is 14.8 Å². The van der Waals surface area contributed by atoms with Gasteiger partial charge in [-0.25, -0.2) is 5.84 Å². The van der Waals surface area contributed by atoms with E-state index in [0.29, 0.717) is 52.0 Å². The van der Waals surface area contributed by atoms with Crippen LogP contribution in [0, 0.1) is 5.41 Å². The summed E-state index contributed by atoms with van der Waals surface area (Å²) in [6.45, 7) is 5.28. The van der Waals surface area contributed by atoms with Gasteiger partial charge in [0.25, 0.3) is 17.6 Å². The van der Waals surface area contributed by atoms with Crippen molar-refractivity contribution in [2.75, 3.05) is 50.4 Å². The molecule has 2 fully saturated rings. The Hall–Kier alpha value is -7.90. The minimum Gasteiger partial charge on any atom is -0.321 e. The molecule has 9 rings (SSSR count). The van der Waals surface area contributed by atoms with Crippen LogP contribution in [-0.4, -0.2) is 78.1 Å². The standard InChI is InChI=1S/C60H64N10O2/c1-68-30-26-44(27-31-68)47-17-9-19-51(36-47)59(71)65-55-39-50(21-23-53(55)57(61)67-63)46-16-8-13-41(35-46)25-32-69-33-28-45(29-34-69)48-18-10-20-52(37-48)60(72)66-56-38-49(43-14-6-3-7-15-43)22-24-54(56)58(62)70(64)40-42-11-4-2-5-12-42/h2-24,35-39,44-45,62H,25-34,40,63-64H2,1H3,(H2,61,67)(H,65,71)(H,66,72)/p+1. The predicted octanol–water partition coefficient (Wildman–Crippen LogP) is 8.12. The van der Waals surface area contributed by atoms with E-state index in [1.165, 1.54) is 16.1 Å². The highest BCUT2D eigenvalue weighted by atomic mass is 16.2. The number of rotatable bonds is 15. The van der Waals surface area contributed by atoms with Gasteiger partial charge < -0.3 is 20.4 Å². The van der Waals surface area contributed by atoms with Crippen molar-refractivity contribution < 1.29 is 14.7 Å². The number of carbonyl (C=O) groups excluding carboxylic acids is 2. The summed E-state index contributed by atoms with van der Waals surface area (Å²) < 4.78 is 0. The van der Waals surface area contributed by atoms with Gasteiger partial charge in [0, 0.05) is 23.2 Å². The van der Waals surface area contributed by atoms with Crippen LogP contribution >= 0.6 is 0 Å². The first-order valence-corrected chi connectivity index (χ1v) is 25.0. The molecule has 366 valence electrons. The first kappa shape index (κ1) is 49.1. The molecule has 12 nitrogen and oxygen atoms in total. The van der Waals surface area contributed by atoms with Gasteiger partial charge in [0.1, 0.15) is 5.84 Å². The van der Waals surface area contributed by atoms with Crippen molar-refractivity contribution in [2.45, 2.75) is 50.5 Å². The molecule has 0 aliphatic carbocycles. The van der Waals surface area contributed by atoms with E-state index in [1.807, 2.05) is 133 Å². The number of nitrogens with zero attached hydrogens (tertiary/aromatic N) is 3. The maximum absolute atomic E-state index is 14.1. The molecule has 0 radical (unpaired) electrons. The molecule has 2 heterocycles. The Morgan fingerprint density at radius 1 is 0.597 bits per heavy atom. The van der Waals surface area contributed by atoms with E-state index in [4.69, 9.17) is 22.8 Å². The van der Waals surface area contributed by atoms with Crippen LogP contribution in [-0.2, 0) is 13.0 Å². The molecule has 0 spiro atoms. The minimum atomic E-state index is -0.238. The molecular weight excluding hydrogens is 893 g/mol. The van der Waals surface area contributed by atoms with Gasteiger partial charge in [-0.1, -0.05) is 121 Å². The lowest BCUT2D eigenvalue weighted by Gasteiger charge is -2.32. The summed E-state index contributed by atoms with van der Waals surface area (Å²) in [6.07, 6.45) is 5.02. The zero-order chi connectivity index (χ0) is 50.0. The zero-order valence-corrected chi connectivity index (χ0v) is 41.0. The van der Waals surface area contributed by atoms with Gasteiger partial charge in [-0.05, 0) is 170 Å². The minimum absolute atomic E-state index is 0.106. The van der Waals surface area contributed by atoms with Gasteiger partial charge in [0.05, 0.1) is 23.5 Å². The van der Waals surface area contributed by atoms with Crippen molar-refractivity contribution >= 4 is 34.9 Å². The maximum Gasteiger partial charge on any atom is 0.297 e. The molecule has 10 N–H and O–H groups in total. The van der Waals surface area contributed by atoms with E-state index in [9.17, 15) is 9.59 Å². The summed E-state index contributed by atoms with van der Waals surface area (Å²) in [6, 6.07) is 56.0. The third-order valence-electron chi connectivity index (χ3n) is 14.4.